The largest absolute Gasteiger partial charge is 0.351 e. The third kappa shape index (κ3) is 4.21. The van der Waals surface area contributed by atoms with Crippen molar-refractivity contribution in [1.29, 1.82) is 0 Å². The van der Waals surface area contributed by atoms with Crippen molar-refractivity contribution in [2.24, 2.45) is 11.7 Å². The average Bonchev–Trinajstić information content (AvgIpc) is 3.27. The van der Waals surface area contributed by atoms with Crippen LogP contribution >= 0.6 is 0 Å². The van der Waals surface area contributed by atoms with E-state index < -0.39 is 6.03 Å². The number of aromatic nitrogens is 1. The molecule has 2 atom stereocenters. The summed E-state index contributed by atoms with van der Waals surface area (Å²) < 4.78 is 0. The molecular weight excluding hydrogens is 412 g/mol. The van der Waals surface area contributed by atoms with Crippen LogP contribution in [0.25, 0.3) is 22.6 Å². The Morgan fingerprint density at radius 1 is 1.09 bits per heavy atom. The lowest BCUT2D eigenvalue weighted by Gasteiger charge is -2.27. The van der Waals surface area contributed by atoms with Gasteiger partial charge in [-0.2, -0.15) is 0 Å². The van der Waals surface area contributed by atoms with Crippen LogP contribution in [0.2, 0.25) is 0 Å². The molecular formula is C27H28N4O2. The minimum atomic E-state index is -0.442. The van der Waals surface area contributed by atoms with Crippen LogP contribution in [0.4, 0.5) is 4.79 Å². The fraction of sp³-hybridized carbons (Fsp3) is 0.296. The summed E-state index contributed by atoms with van der Waals surface area (Å²) in [5.74, 6) is 0.299. The van der Waals surface area contributed by atoms with E-state index in [1.807, 2.05) is 42.5 Å². The maximum absolute atomic E-state index is 13.6. The van der Waals surface area contributed by atoms with Crippen molar-refractivity contribution in [3.05, 3.63) is 77.0 Å². The predicted molar refractivity (Wildman–Crippen MR) is 131 cm³/mol. The zero-order chi connectivity index (χ0) is 22.9. The number of pyridine rings is 1. The van der Waals surface area contributed by atoms with E-state index in [0.717, 1.165) is 46.1 Å². The maximum atomic E-state index is 13.6. The average molecular weight is 441 g/mol. The molecule has 3 amide bonds. The Hall–Kier alpha value is -3.67. The van der Waals surface area contributed by atoms with E-state index in [1.165, 1.54) is 0 Å². The van der Waals surface area contributed by atoms with Gasteiger partial charge in [0.1, 0.15) is 0 Å². The first kappa shape index (κ1) is 21.2. The van der Waals surface area contributed by atoms with Gasteiger partial charge < -0.3 is 16.0 Å². The lowest BCUT2D eigenvalue weighted by atomic mass is 9.80. The highest BCUT2D eigenvalue weighted by Gasteiger charge is 2.31. The SMILES string of the molecule is CC1C/C(=C/c2ccccc2)c2nc3ccccc3c(C(=O)NC3CCN(C(N)=O)C3)c2C1. The van der Waals surface area contributed by atoms with Gasteiger partial charge >= 0.3 is 6.03 Å². The first-order valence-corrected chi connectivity index (χ1v) is 11.5. The zero-order valence-electron chi connectivity index (χ0n) is 18.8. The number of para-hydroxylation sites is 1. The van der Waals surface area contributed by atoms with Gasteiger partial charge in [0, 0.05) is 24.5 Å². The summed E-state index contributed by atoms with van der Waals surface area (Å²) in [6.07, 6.45) is 4.62. The Morgan fingerprint density at radius 2 is 1.85 bits per heavy atom. The fourth-order valence-corrected chi connectivity index (χ4v) is 5.08. The number of carbonyl (C=O) groups is 2. The van der Waals surface area contributed by atoms with E-state index >= 15 is 0 Å². The second-order valence-corrected chi connectivity index (χ2v) is 9.17. The summed E-state index contributed by atoms with van der Waals surface area (Å²) in [5.41, 5.74) is 11.2. The summed E-state index contributed by atoms with van der Waals surface area (Å²) in [5, 5.41) is 4.03. The lowest BCUT2D eigenvalue weighted by molar-refractivity contribution is 0.0938. The smallest absolute Gasteiger partial charge is 0.314 e. The topological polar surface area (TPSA) is 88.3 Å². The molecule has 0 saturated carbocycles. The molecule has 3 N–H and O–H groups in total. The number of nitrogens with two attached hydrogens (primary N) is 1. The molecule has 0 radical (unpaired) electrons. The van der Waals surface area contributed by atoms with Crippen molar-refractivity contribution in [3.63, 3.8) is 0 Å². The van der Waals surface area contributed by atoms with Gasteiger partial charge in [0.05, 0.1) is 16.8 Å². The molecule has 1 saturated heterocycles. The first-order chi connectivity index (χ1) is 16.0. The molecule has 6 heteroatoms. The zero-order valence-corrected chi connectivity index (χ0v) is 18.8. The molecule has 1 aliphatic carbocycles. The number of hydrogen-bond donors (Lipinski definition) is 2. The Bertz CT molecular complexity index is 1250. The lowest BCUT2D eigenvalue weighted by Crippen LogP contribution is -2.40. The van der Waals surface area contributed by atoms with Crippen LogP contribution in [-0.4, -0.2) is 41.0 Å². The Labute approximate surface area is 193 Å². The number of nitrogens with zero attached hydrogens (tertiary/aromatic N) is 2. The highest BCUT2D eigenvalue weighted by molar-refractivity contribution is 6.09. The standard InChI is InChI=1S/C27H28N4O2/c1-17-13-19(15-18-7-3-2-4-8-18)25-22(14-17)24(21-9-5-6-10-23(21)30-25)26(32)29-20-11-12-31(16-20)27(28)33/h2-10,15,17,20H,11-14,16H2,1H3,(H2,28,33)(H,29,32)/b19-15-. The molecule has 2 heterocycles. The molecule has 33 heavy (non-hydrogen) atoms. The van der Waals surface area contributed by atoms with Crippen molar-refractivity contribution in [2.45, 2.75) is 32.2 Å². The van der Waals surface area contributed by atoms with Gasteiger partial charge in [-0.15, -0.1) is 0 Å². The van der Waals surface area contributed by atoms with Gasteiger partial charge in [0.15, 0.2) is 0 Å². The van der Waals surface area contributed by atoms with Crippen molar-refractivity contribution in [1.82, 2.24) is 15.2 Å². The van der Waals surface area contributed by atoms with Gasteiger partial charge in [-0.25, -0.2) is 9.78 Å². The second-order valence-electron chi connectivity index (χ2n) is 9.17. The number of carbonyl (C=O) groups excluding carboxylic acids is 2. The first-order valence-electron chi connectivity index (χ1n) is 11.5. The summed E-state index contributed by atoms with van der Waals surface area (Å²) in [6.45, 7) is 3.23. The Kier molecular flexibility index (Phi) is 5.58. The van der Waals surface area contributed by atoms with Crippen LogP contribution in [0.15, 0.2) is 54.6 Å². The van der Waals surface area contributed by atoms with Gasteiger partial charge in [0.25, 0.3) is 5.91 Å². The number of amides is 3. The molecule has 2 aliphatic rings. The Morgan fingerprint density at radius 3 is 2.61 bits per heavy atom. The molecule has 6 nitrogen and oxygen atoms in total. The van der Waals surface area contributed by atoms with Crippen molar-refractivity contribution >= 4 is 34.5 Å². The maximum Gasteiger partial charge on any atom is 0.314 e. The molecule has 5 rings (SSSR count). The molecule has 0 spiro atoms. The van der Waals surface area contributed by atoms with Crippen LogP contribution in [0.5, 0.6) is 0 Å². The number of likely N-dealkylation sites (tertiary alicyclic amines) is 1. The number of urea groups is 1. The number of allylic oxidation sites excluding steroid dienone is 1. The van der Waals surface area contributed by atoms with Crippen LogP contribution in [0, 0.1) is 5.92 Å². The van der Waals surface area contributed by atoms with Gasteiger partial charge in [-0.1, -0.05) is 55.5 Å². The van der Waals surface area contributed by atoms with E-state index in [1.54, 1.807) is 4.90 Å². The number of rotatable bonds is 3. The normalized spacial score (nSPS) is 21.2. The number of primary amides is 1. The van der Waals surface area contributed by atoms with Crippen molar-refractivity contribution < 1.29 is 9.59 Å². The van der Waals surface area contributed by atoms with E-state index in [-0.39, 0.29) is 11.9 Å². The van der Waals surface area contributed by atoms with Crippen molar-refractivity contribution in [3.8, 4) is 0 Å². The molecule has 1 fully saturated rings. The van der Waals surface area contributed by atoms with Crippen LogP contribution in [-0.2, 0) is 6.42 Å². The quantitative estimate of drug-likeness (QED) is 0.638. The Balaban J connectivity index is 1.59. The van der Waals surface area contributed by atoms with Crippen LogP contribution < -0.4 is 11.1 Å². The van der Waals surface area contributed by atoms with E-state index in [9.17, 15) is 9.59 Å². The summed E-state index contributed by atoms with van der Waals surface area (Å²) >= 11 is 0. The molecule has 2 unspecified atom stereocenters. The highest BCUT2D eigenvalue weighted by Crippen LogP contribution is 2.38. The molecule has 2 aromatic carbocycles. The third-order valence-corrected chi connectivity index (χ3v) is 6.62. The van der Waals surface area contributed by atoms with E-state index in [0.29, 0.717) is 31.0 Å². The third-order valence-electron chi connectivity index (χ3n) is 6.62. The van der Waals surface area contributed by atoms with Gasteiger partial charge in [-0.05, 0) is 54.0 Å². The summed E-state index contributed by atoms with van der Waals surface area (Å²) in [7, 11) is 0. The van der Waals surface area contributed by atoms with E-state index in [4.69, 9.17) is 10.7 Å². The number of fused-ring (bicyclic) bond motifs is 2. The fourth-order valence-electron chi connectivity index (χ4n) is 5.08. The van der Waals surface area contributed by atoms with Crippen molar-refractivity contribution in [2.75, 3.05) is 13.1 Å². The predicted octanol–water partition coefficient (Wildman–Crippen LogP) is 4.24. The number of hydrogen-bond acceptors (Lipinski definition) is 3. The monoisotopic (exact) mass is 440 g/mol. The second kappa shape index (κ2) is 8.70. The molecule has 1 aliphatic heterocycles. The molecule has 1 aromatic heterocycles. The molecule has 0 bridgehead atoms. The van der Waals surface area contributed by atoms with Crippen LogP contribution in [0.3, 0.4) is 0 Å². The van der Waals surface area contributed by atoms with Gasteiger partial charge in [-0.3, -0.25) is 4.79 Å². The summed E-state index contributed by atoms with van der Waals surface area (Å²) in [6, 6.07) is 17.5. The number of benzene rings is 2. The van der Waals surface area contributed by atoms with Crippen LogP contribution in [0.1, 0.15) is 46.9 Å². The molecule has 168 valence electrons. The summed E-state index contributed by atoms with van der Waals surface area (Å²) in [4.78, 5) is 31.8. The number of nitrogens with one attached hydrogen (secondary N) is 1. The highest BCUT2D eigenvalue weighted by atomic mass is 16.2. The van der Waals surface area contributed by atoms with E-state index in [2.05, 4.69) is 30.4 Å². The minimum absolute atomic E-state index is 0.102. The minimum Gasteiger partial charge on any atom is -0.351 e. The van der Waals surface area contributed by atoms with Gasteiger partial charge in [0.2, 0.25) is 0 Å². The molecule has 3 aromatic rings.